The molecule has 0 atom stereocenters. The smallest absolute Gasteiger partial charge is 0.0526 e. The van der Waals surface area contributed by atoms with Crippen molar-refractivity contribution in [1.29, 1.82) is 0 Å². The topological polar surface area (TPSA) is 38.7 Å². The molecular weight excluding hydrogens is 667 g/mol. The zero-order valence-electron chi connectivity index (χ0n) is 24.3. The molecule has 0 unspecified atom stereocenters. The fourth-order valence-corrected chi connectivity index (χ4v) is 5.25. The Kier molecular flexibility index (Phi) is 8.54. The van der Waals surface area contributed by atoms with E-state index in [1.165, 1.54) is 33.5 Å². The zero-order valence-corrected chi connectivity index (χ0v) is 26.7. The molecule has 0 amide bonds. The van der Waals surface area contributed by atoms with Crippen molar-refractivity contribution in [3.63, 3.8) is 0 Å². The second kappa shape index (κ2) is 11.6. The molecule has 6 rings (SSSR count). The molecule has 0 saturated heterocycles. The average Bonchev–Trinajstić information content (AvgIpc) is 2.93. The third-order valence-electron chi connectivity index (χ3n) is 8.27. The van der Waals surface area contributed by atoms with Gasteiger partial charge in [-0.2, -0.15) is 0 Å². The summed E-state index contributed by atoms with van der Waals surface area (Å²) in [6.07, 6.45) is 3.67. The standard InChI is InChI=1S/C24H25N2.C12H10N.Ir/c1-15-11-12-25-21(13-15)17-8-10-20-19(14-17)18-9-7-16(2)26-22(18)24(5,6)23(20,3)4;1-10-6-5-9-13-12(10)11-7-3-2-4-8-11;/h7,9-14H,1-6H3;2-7,9H,1H3;/q2*-1;. The maximum absolute atomic E-state index is 4.95. The number of aromatic nitrogens is 3. The van der Waals surface area contributed by atoms with Crippen LogP contribution in [-0.4, -0.2) is 15.0 Å². The first-order valence-electron chi connectivity index (χ1n) is 13.5. The molecule has 40 heavy (non-hydrogen) atoms. The Bertz CT molecular complexity index is 1640. The van der Waals surface area contributed by atoms with Crippen LogP contribution in [0.25, 0.3) is 33.6 Å². The van der Waals surface area contributed by atoms with Gasteiger partial charge in [-0.1, -0.05) is 62.6 Å². The monoisotopic (exact) mass is 702 g/mol. The van der Waals surface area contributed by atoms with E-state index in [4.69, 9.17) is 4.98 Å². The number of fused-ring (bicyclic) bond motifs is 3. The van der Waals surface area contributed by atoms with Crippen LogP contribution in [-0.2, 0) is 30.9 Å². The third-order valence-corrected chi connectivity index (χ3v) is 8.27. The van der Waals surface area contributed by atoms with Gasteiger partial charge < -0.3 is 9.97 Å². The first-order chi connectivity index (χ1) is 18.6. The third kappa shape index (κ3) is 5.44. The van der Waals surface area contributed by atoms with Crippen LogP contribution in [0.5, 0.6) is 0 Å². The van der Waals surface area contributed by atoms with E-state index >= 15 is 0 Å². The first-order valence-corrected chi connectivity index (χ1v) is 13.5. The van der Waals surface area contributed by atoms with E-state index in [1.807, 2.05) is 48.8 Å². The molecule has 4 heteroatoms. The second-order valence-electron chi connectivity index (χ2n) is 11.4. The Morgan fingerprint density at radius 1 is 0.700 bits per heavy atom. The minimum absolute atomic E-state index is 0. The Balaban J connectivity index is 0.000000223. The number of nitrogens with zero attached hydrogens (tertiary/aromatic N) is 3. The molecule has 0 saturated carbocycles. The van der Waals surface area contributed by atoms with Crippen LogP contribution >= 0.6 is 0 Å². The number of hydrogen-bond acceptors (Lipinski definition) is 3. The largest absolute Gasteiger partial charge is 0.305 e. The van der Waals surface area contributed by atoms with Crippen molar-refractivity contribution < 1.29 is 20.1 Å². The molecule has 3 heterocycles. The van der Waals surface area contributed by atoms with Crippen molar-refractivity contribution in [3.8, 4) is 33.6 Å². The number of rotatable bonds is 2. The second-order valence-corrected chi connectivity index (χ2v) is 11.4. The van der Waals surface area contributed by atoms with Crippen LogP contribution in [0.2, 0.25) is 0 Å². The fourth-order valence-electron chi connectivity index (χ4n) is 5.25. The van der Waals surface area contributed by atoms with Gasteiger partial charge in [-0.3, -0.25) is 4.98 Å². The summed E-state index contributed by atoms with van der Waals surface area (Å²) in [6, 6.07) is 31.4. The van der Waals surface area contributed by atoms with Gasteiger partial charge in [0.2, 0.25) is 0 Å². The molecule has 1 aliphatic carbocycles. The maximum Gasteiger partial charge on any atom is 0.0526 e. The predicted octanol–water partition coefficient (Wildman–Crippen LogP) is 8.65. The van der Waals surface area contributed by atoms with Gasteiger partial charge in [0.15, 0.2) is 0 Å². The van der Waals surface area contributed by atoms with Gasteiger partial charge in [-0.05, 0) is 61.3 Å². The van der Waals surface area contributed by atoms with Gasteiger partial charge >= 0.3 is 0 Å². The summed E-state index contributed by atoms with van der Waals surface area (Å²) >= 11 is 0. The molecule has 1 aliphatic rings. The van der Waals surface area contributed by atoms with Gasteiger partial charge in [0.25, 0.3) is 0 Å². The van der Waals surface area contributed by atoms with E-state index in [9.17, 15) is 0 Å². The van der Waals surface area contributed by atoms with Crippen LogP contribution in [0.15, 0.2) is 85.2 Å². The van der Waals surface area contributed by atoms with Gasteiger partial charge in [0, 0.05) is 43.6 Å². The molecule has 0 spiro atoms. The summed E-state index contributed by atoms with van der Waals surface area (Å²) in [4.78, 5) is 13.8. The molecule has 3 aromatic heterocycles. The zero-order chi connectivity index (χ0) is 27.8. The van der Waals surface area contributed by atoms with Crippen LogP contribution in [0, 0.1) is 32.9 Å². The van der Waals surface area contributed by atoms with Crippen LogP contribution in [0.4, 0.5) is 0 Å². The molecule has 0 N–H and O–H groups in total. The van der Waals surface area contributed by atoms with Gasteiger partial charge in [-0.15, -0.1) is 65.2 Å². The van der Waals surface area contributed by atoms with E-state index in [1.54, 1.807) is 0 Å². The van der Waals surface area contributed by atoms with Crippen molar-refractivity contribution >= 4 is 0 Å². The number of hydrogen-bond donors (Lipinski definition) is 0. The SMILES string of the molecule is Cc1cccnc1-c1[c-]cccc1.Cc1ccnc(-c2[c-]cc3c(c2)-c2ccc(C)nc2C(C)(C)C3(C)C)c1.[Ir]. The summed E-state index contributed by atoms with van der Waals surface area (Å²) in [5.74, 6) is 0. The van der Waals surface area contributed by atoms with Crippen molar-refractivity contribution in [1.82, 2.24) is 15.0 Å². The molecule has 5 aromatic rings. The number of pyridine rings is 3. The maximum atomic E-state index is 4.95. The van der Waals surface area contributed by atoms with E-state index in [2.05, 4.69) is 107 Å². The fraction of sp³-hybridized carbons (Fsp3) is 0.250. The summed E-state index contributed by atoms with van der Waals surface area (Å²) < 4.78 is 0. The molecule has 0 fully saturated rings. The number of aryl methyl sites for hydroxylation is 3. The molecule has 0 bridgehead atoms. The van der Waals surface area contributed by atoms with Gasteiger partial charge in [0.1, 0.15) is 0 Å². The van der Waals surface area contributed by atoms with Gasteiger partial charge in [-0.25, -0.2) is 0 Å². The number of benzene rings is 2. The Morgan fingerprint density at radius 2 is 1.50 bits per heavy atom. The molecule has 3 nitrogen and oxygen atoms in total. The van der Waals surface area contributed by atoms with Crippen molar-refractivity contribution in [2.75, 3.05) is 0 Å². The Labute approximate surface area is 252 Å². The summed E-state index contributed by atoms with van der Waals surface area (Å²) in [7, 11) is 0. The Hall–Kier alpha value is -3.46. The molecule has 2 aromatic carbocycles. The van der Waals surface area contributed by atoms with Crippen molar-refractivity contribution in [3.05, 3.63) is 125 Å². The first kappa shape index (κ1) is 29.5. The van der Waals surface area contributed by atoms with Crippen LogP contribution < -0.4 is 0 Å². The molecule has 1 radical (unpaired) electrons. The minimum atomic E-state index is -0.0572. The van der Waals surface area contributed by atoms with E-state index in [-0.39, 0.29) is 30.9 Å². The average molecular weight is 702 g/mol. The van der Waals surface area contributed by atoms with Crippen molar-refractivity contribution in [2.24, 2.45) is 0 Å². The summed E-state index contributed by atoms with van der Waals surface area (Å²) in [6.45, 7) is 15.5. The normalized spacial score (nSPS) is 14.1. The predicted molar refractivity (Wildman–Crippen MR) is 161 cm³/mol. The molecule has 205 valence electrons. The van der Waals surface area contributed by atoms with E-state index < -0.39 is 0 Å². The Morgan fingerprint density at radius 3 is 2.20 bits per heavy atom. The van der Waals surface area contributed by atoms with Crippen LogP contribution in [0.3, 0.4) is 0 Å². The summed E-state index contributed by atoms with van der Waals surface area (Å²) in [5.41, 5.74) is 12.5. The van der Waals surface area contributed by atoms with E-state index in [0.717, 1.165) is 28.2 Å². The summed E-state index contributed by atoms with van der Waals surface area (Å²) in [5, 5.41) is 0. The van der Waals surface area contributed by atoms with Crippen LogP contribution in [0.1, 0.15) is 55.8 Å². The van der Waals surface area contributed by atoms with Gasteiger partial charge in [0.05, 0.1) is 5.69 Å². The van der Waals surface area contributed by atoms with Crippen molar-refractivity contribution in [2.45, 2.75) is 59.3 Å². The molecule has 0 aliphatic heterocycles. The molecular formula is C36H35IrN3-2. The minimum Gasteiger partial charge on any atom is -0.305 e. The van der Waals surface area contributed by atoms with E-state index in [0.29, 0.717) is 0 Å². The quantitative estimate of drug-likeness (QED) is 0.173.